The van der Waals surface area contributed by atoms with Crippen LogP contribution in [0.4, 0.5) is 0 Å². The lowest BCUT2D eigenvalue weighted by molar-refractivity contribution is 0.504. The Bertz CT molecular complexity index is 1030. The van der Waals surface area contributed by atoms with Crippen molar-refractivity contribution in [3.63, 3.8) is 0 Å². The van der Waals surface area contributed by atoms with Crippen molar-refractivity contribution in [2.45, 2.75) is 12.1 Å². The molecule has 0 fully saturated rings. The van der Waals surface area contributed by atoms with E-state index in [0.717, 1.165) is 21.9 Å². The van der Waals surface area contributed by atoms with Crippen molar-refractivity contribution in [3.8, 4) is 0 Å². The Morgan fingerprint density at radius 2 is 1.48 bits per heavy atom. The van der Waals surface area contributed by atoms with Crippen LogP contribution >= 0.6 is 18.6 Å². The topological polar surface area (TPSA) is 68.0 Å². The van der Waals surface area contributed by atoms with Crippen LogP contribution < -0.4 is 21.4 Å². The molecule has 2 atom stereocenters. The molecule has 0 aliphatic rings. The minimum absolute atomic E-state index is 0.359. The van der Waals surface area contributed by atoms with Gasteiger partial charge in [0, 0.05) is 16.8 Å². The second kappa shape index (κ2) is 8.85. The van der Waals surface area contributed by atoms with E-state index in [-0.39, 0.29) is 6.04 Å². The first-order valence-electron chi connectivity index (χ1n) is 9.36. The molecule has 2 unspecified atom stereocenters. The number of aromatic nitrogens is 1. The largest absolute Gasteiger partial charge is 0.321 e. The van der Waals surface area contributed by atoms with Crippen molar-refractivity contribution in [2.24, 2.45) is 5.73 Å². The van der Waals surface area contributed by atoms with Gasteiger partial charge in [-0.15, -0.1) is 0 Å². The van der Waals surface area contributed by atoms with Gasteiger partial charge in [-0.3, -0.25) is 14.6 Å². The third-order valence-electron chi connectivity index (χ3n) is 4.85. The number of pyridine rings is 1. The van der Waals surface area contributed by atoms with Crippen LogP contribution in [0.3, 0.4) is 0 Å². The van der Waals surface area contributed by atoms with Gasteiger partial charge in [-0.05, 0) is 58.8 Å². The smallest absolute Gasteiger partial charge is 0.205 e. The van der Waals surface area contributed by atoms with Gasteiger partial charge in [-0.1, -0.05) is 42.5 Å². The molecule has 0 radical (unpaired) electrons. The van der Waals surface area contributed by atoms with E-state index in [4.69, 9.17) is 5.73 Å². The molecule has 0 amide bonds. The molecule has 146 valence electrons. The predicted octanol–water partition coefficient (Wildman–Crippen LogP) is 4.40. The van der Waals surface area contributed by atoms with E-state index in [0.29, 0.717) is 0 Å². The second-order valence-electron chi connectivity index (χ2n) is 6.72. The summed E-state index contributed by atoms with van der Waals surface area (Å²) in [6.07, 6.45) is 1.73. The molecule has 4 aromatic rings. The highest BCUT2D eigenvalue weighted by Crippen LogP contribution is 2.44. The van der Waals surface area contributed by atoms with Crippen LogP contribution in [-0.4, -0.2) is 4.98 Å². The highest BCUT2D eigenvalue weighted by atomic mass is 32.1. The molecule has 2 aromatic carbocycles. The van der Waals surface area contributed by atoms with Gasteiger partial charge < -0.3 is 5.73 Å². The molecule has 0 aliphatic carbocycles. The normalized spacial score (nSPS) is 13.7. The fourth-order valence-corrected chi connectivity index (χ4v) is 6.51. The molecule has 2 heterocycles. The van der Waals surface area contributed by atoms with E-state index in [2.05, 4.69) is 10.1 Å². The summed E-state index contributed by atoms with van der Waals surface area (Å²) in [5.41, 5.74) is 8.41. The van der Waals surface area contributed by atoms with Gasteiger partial charge in [-0.25, -0.2) is 0 Å². The minimum atomic E-state index is -3.15. The number of rotatable bonds is 7. The fourth-order valence-electron chi connectivity index (χ4n) is 3.33. The number of thiophene rings is 1. The standard InChI is InChI=1S/C23H22N3OPS/c24-22(21-13-7-8-15-25-21)23(18-14-16-29-17-18)26-28(27,19-9-3-1-4-10-19)20-11-5-2-6-12-20/h1-17,22-23H,24H2,(H,26,27). The molecule has 4 rings (SSSR count). The Kier molecular flexibility index (Phi) is 6.02. The molecule has 0 saturated carbocycles. The second-order valence-corrected chi connectivity index (χ2v) is 10.0. The van der Waals surface area contributed by atoms with Crippen LogP contribution in [0.15, 0.2) is 102 Å². The van der Waals surface area contributed by atoms with Crippen LogP contribution in [0.2, 0.25) is 0 Å². The lowest BCUT2D eigenvalue weighted by atomic mass is 10.0. The van der Waals surface area contributed by atoms with Crippen LogP contribution in [0, 0.1) is 0 Å². The number of benzene rings is 2. The maximum atomic E-state index is 14.5. The van der Waals surface area contributed by atoms with E-state index in [1.165, 1.54) is 0 Å². The molecule has 4 nitrogen and oxygen atoms in total. The zero-order chi connectivity index (χ0) is 20.1. The molecule has 0 saturated heterocycles. The quantitative estimate of drug-likeness (QED) is 0.436. The van der Waals surface area contributed by atoms with Gasteiger partial charge in [-0.2, -0.15) is 11.3 Å². The van der Waals surface area contributed by atoms with Crippen LogP contribution in [-0.2, 0) is 4.57 Å². The predicted molar refractivity (Wildman–Crippen MR) is 121 cm³/mol. The number of hydrogen-bond acceptors (Lipinski definition) is 4. The molecule has 3 N–H and O–H groups in total. The first-order chi connectivity index (χ1) is 14.2. The van der Waals surface area contributed by atoms with Gasteiger partial charge >= 0.3 is 0 Å². The minimum Gasteiger partial charge on any atom is -0.321 e. The summed E-state index contributed by atoms with van der Waals surface area (Å²) >= 11 is 1.59. The average Bonchev–Trinajstić information content (AvgIpc) is 3.33. The van der Waals surface area contributed by atoms with Crippen LogP contribution in [0.1, 0.15) is 23.3 Å². The summed E-state index contributed by atoms with van der Waals surface area (Å²) in [4.78, 5) is 4.43. The van der Waals surface area contributed by atoms with Crippen molar-refractivity contribution in [1.82, 2.24) is 10.1 Å². The molecule has 2 aromatic heterocycles. The van der Waals surface area contributed by atoms with E-state index in [1.54, 1.807) is 17.5 Å². The maximum Gasteiger partial charge on any atom is 0.205 e. The molecule has 0 aliphatic heterocycles. The summed E-state index contributed by atoms with van der Waals surface area (Å²) < 4.78 is 14.5. The van der Waals surface area contributed by atoms with Crippen LogP contribution in [0.25, 0.3) is 0 Å². The van der Waals surface area contributed by atoms with E-state index in [1.807, 2.05) is 95.7 Å². The average molecular weight is 419 g/mol. The molecule has 0 bridgehead atoms. The lowest BCUT2D eigenvalue weighted by Gasteiger charge is -2.30. The lowest BCUT2D eigenvalue weighted by Crippen LogP contribution is -2.36. The number of nitrogens with one attached hydrogen (secondary N) is 1. The van der Waals surface area contributed by atoms with Crippen molar-refractivity contribution >= 4 is 29.2 Å². The maximum absolute atomic E-state index is 14.5. The highest BCUT2D eigenvalue weighted by molar-refractivity contribution is 7.76. The Balaban J connectivity index is 1.80. The first-order valence-corrected chi connectivity index (χ1v) is 12.0. The summed E-state index contributed by atoms with van der Waals surface area (Å²) in [6, 6.07) is 26.0. The number of hydrogen-bond donors (Lipinski definition) is 2. The van der Waals surface area contributed by atoms with Crippen molar-refractivity contribution < 1.29 is 4.57 Å². The molecular formula is C23H22N3OPS. The van der Waals surface area contributed by atoms with E-state index >= 15 is 0 Å². The van der Waals surface area contributed by atoms with Crippen molar-refractivity contribution in [2.75, 3.05) is 0 Å². The Hall–Kier alpha value is -2.56. The number of nitrogens with zero attached hydrogens (tertiary/aromatic N) is 1. The Labute approximate surface area is 174 Å². The SMILES string of the molecule is NC(c1ccccn1)C(NP(=O)(c1ccccc1)c1ccccc1)c1ccsc1. The van der Waals surface area contributed by atoms with Crippen LogP contribution in [0.5, 0.6) is 0 Å². The first kappa shape index (κ1) is 19.7. The zero-order valence-electron chi connectivity index (χ0n) is 15.8. The Morgan fingerprint density at radius 1 is 0.862 bits per heavy atom. The summed E-state index contributed by atoms with van der Waals surface area (Å²) in [6.45, 7) is 0. The monoisotopic (exact) mass is 419 g/mol. The Morgan fingerprint density at radius 3 is 2.00 bits per heavy atom. The molecule has 29 heavy (non-hydrogen) atoms. The van der Waals surface area contributed by atoms with E-state index < -0.39 is 13.3 Å². The van der Waals surface area contributed by atoms with Gasteiger partial charge in [0.1, 0.15) is 0 Å². The van der Waals surface area contributed by atoms with Gasteiger partial charge in [0.25, 0.3) is 0 Å². The fraction of sp³-hybridized carbons (Fsp3) is 0.0870. The summed E-state index contributed by atoms with van der Waals surface area (Å²) in [5.74, 6) is 0. The third kappa shape index (κ3) is 4.24. The third-order valence-corrected chi connectivity index (χ3v) is 8.25. The van der Waals surface area contributed by atoms with Gasteiger partial charge in [0.15, 0.2) is 0 Å². The van der Waals surface area contributed by atoms with Gasteiger partial charge in [0.2, 0.25) is 7.29 Å². The molecule has 6 heteroatoms. The number of nitrogens with two attached hydrogens (primary N) is 1. The molecular weight excluding hydrogens is 397 g/mol. The van der Waals surface area contributed by atoms with Crippen molar-refractivity contribution in [1.29, 1.82) is 0 Å². The molecule has 0 spiro atoms. The van der Waals surface area contributed by atoms with Gasteiger partial charge in [0.05, 0.1) is 17.8 Å². The zero-order valence-corrected chi connectivity index (χ0v) is 17.5. The van der Waals surface area contributed by atoms with Crippen molar-refractivity contribution in [3.05, 3.63) is 113 Å². The summed E-state index contributed by atoms with van der Waals surface area (Å²) in [5, 5.41) is 9.01. The highest BCUT2D eigenvalue weighted by Gasteiger charge is 2.34. The summed E-state index contributed by atoms with van der Waals surface area (Å²) in [7, 11) is -3.15. The van der Waals surface area contributed by atoms with E-state index in [9.17, 15) is 4.57 Å².